The van der Waals surface area contributed by atoms with E-state index in [1.807, 2.05) is 59.5 Å². The van der Waals surface area contributed by atoms with E-state index in [9.17, 15) is 4.79 Å². The van der Waals surface area contributed by atoms with Crippen molar-refractivity contribution in [3.05, 3.63) is 60.2 Å². The van der Waals surface area contributed by atoms with Gasteiger partial charge in [0.05, 0.1) is 20.3 Å². The summed E-state index contributed by atoms with van der Waals surface area (Å²) in [6.07, 6.45) is 0.929. The van der Waals surface area contributed by atoms with Crippen molar-refractivity contribution in [1.29, 1.82) is 0 Å². The highest BCUT2D eigenvalue weighted by Gasteiger charge is 2.16. The number of carbonyl (C=O) groups excluding carboxylic acids is 1. The molecule has 0 saturated carbocycles. The molecule has 1 aliphatic heterocycles. The summed E-state index contributed by atoms with van der Waals surface area (Å²) in [5.74, 6) is 0.816. The first kappa shape index (κ1) is 20.2. The second-order valence-electron chi connectivity index (χ2n) is 6.87. The lowest BCUT2D eigenvalue weighted by molar-refractivity contribution is 0.0365. The van der Waals surface area contributed by atoms with Gasteiger partial charge in [-0.2, -0.15) is 0 Å². The second-order valence-corrected chi connectivity index (χ2v) is 6.87. The fourth-order valence-electron chi connectivity index (χ4n) is 3.24. The molecule has 2 aromatic carbocycles. The minimum Gasteiger partial charge on any atom is -0.497 e. The van der Waals surface area contributed by atoms with Gasteiger partial charge in [-0.15, -0.1) is 0 Å². The van der Waals surface area contributed by atoms with Crippen LogP contribution in [-0.2, 0) is 11.3 Å². The molecular weight excluding hydrogens is 354 g/mol. The van der Waals surface area contributed by atoms with Gasteiger partial charge in [-0.3, -0.25) is 4.90 Å². The quantitative estimate of drug-likeness (QED) is 0.759. The van der Waals surface area contributed by atoms with Gasteiger partial charge in [0.1, 0.15) is 5.75 Å². The zero-order valence-electron chi connectivity index (χ0n) is 16.5. The van der Waals surface area contributed by atoms with E-state index in [4.69, 9.17) is 9.47 Å². The minimum atomic E-state index is -0.0796. The third-order valence-electron chi connectivity index (χ3n) is 4.85. The Hall–Kier alpha value is -2.57. The lowest BCUT2D eigenvalue weighted by Gasteiger charge is -2.28. The number of rotatable bonds is 8. The van der Waals surface area contributed by atoms with E-state index in [-0.39, 0.29) is 6.03 Å². The fourth-order valence-corrected chi connectivity index (χ4v) is 3.24. The highest BCUT2D eigenvalue weighted by Crippen LogP contribution is 2.15. The van der Waals surface area contributed by atoms with Gasteiger partial charge in [0, 0.05) is 38.4 Å². The molecule has 1 aliphatic rings. The number of carbonyl (C=O) groups is 1. The Bertz CT molecular complexity index is 716. The van der Waals surface area contributed by atoms with E-state index in [2.05, 4.69) is 10.2 Å². The van der Waals surface area contributed by atoms with Crippen molar-refractivity contribution in [2.75, 3.05) is 51.8 Å². The van der Waals surface area contributed by atoms with Gasteiger partial charge < -0.3 is 19.7 Å². The molecule has 0 atom stereocenters. The van der Waals surface area contributed by atoms with Gasteiger partial charge in [0.2, 0.25) is 0 Å². The third-order valence-corrected chi connectivity index (χ3v) is 4.85. The van der Waals surface area contributed by atoms with Crippen molar-refractivity contribution in [2.24, 2.45) is 0 Å². The number of urea groups is 1. The molecule has 1 N–H and O–H groups in total. The average molecular weight is 383 g/mol. The van der Waals surface area contributed by atoms with E-state index < -0.39 is 0 Å². The van der Waals surface area contributed by atoms with Crippen LogP contribution in [0.3, 0.4) is 0 Å². The molecule has 0 unspecified atom stereocenters. The van der Waals surface area contributed by atoms with Gasteiger partial charge in [0.15, 0.2) is 0 Å². The first-order valence-corrected chi connectivity index (χ1v) is 9.78. The van der Waals surface area contributed by atoms with Crippen molar-refractivity contribution in [3.8, 4) is 5.75 Å². The predicted molar refractivity (Wildman–Crippen MR) is 111 cm³/mol. The smallest absolute Gasteiger partial charge is 0.322 e. The van der Waals surface area contributed by atoms with Crippen LogP contribution < -0.4 is 10.1 Å². The number of benzene rings is 2. The van der Waals surface area contributed by atoms with Crippen LogP contribution in [0.15, 0.2) is 54.6 Å². The molecule has 6 heteroatoms. The van der Waals surface area contributed by atoms with Crippen molar-refractivity contribution in [3.63, 3.8) is 0 Å². The standard InChI is InChI=1S/C22H29N3O3/c1-27-21-10-8-19(9-11-21)18-25(13-5-12-24-14-16-28-17-15-24)22(26)23-20-6-3-2-4-7-20/h2-4,6-11H,5,12-18H2,1H3,(H,23,26). The molecule has 6 nitrogen and oxygen atoms in total. The summed E-state index contributed by atoms with van der Waals surface area (Å²) in [5, 5.41) is 3.00. The first-order valence-electron chi connectivity index (χ1n) is 9.78. The summed E-state index contributed by atoms with van der Waals surface area (Å²) in [6, 6.07) is 17.4. The number of hydrogen-bond acceptors (Lipinski definition) is 4. The number of nitrogens with one attached hydrogen (secondary N) is 1. The van der Waals surface area contributed by atoms with Gasteiger partial charge >= 0.3 is 6.03 Å². The van der Waals surface area contributed by atoms with Gasteiger partial charge in [-0.25, -0.2) is 4.79 Å². The molecule has 1 fully saturated rings. The Kier molecular flexibility index (Phi) is 7.70. The van der Waals surface area contributed by atoms with Crippen LogP contribution >= 0.6 is 0 Å². The molecule has 1 heterocycles. The maximum Gasteiger partial charge on any atom is 0.322 e. The third kappa shape index (κ3) is 6.25. The largest absolute Gasteiger partial charge is 0.497 e. The van der Waals surface area contributed by atoms with Crippen LogP contribution in [0.5, 0.6) is 5.75 Å². The molecule has 3 rings (SSSR count). The molecule has 0 radical (unpaired) electrons. The second kappa shape index (κ2) is 10.7. The molecular formula is C22H29N3O3. The maximum atomic E-state index is 12.9. The molecule has 28 heavy (non-hydrogen) atoms. The summed E-state index contributed by atoms with van der Waals surface area (Å²) in [5.41, 5.74) is 1.88. The summed E-state index contributed by atoms with van der Waals surface area (Å²) in [7, 11) is 1.65. The number of methoxy groups -OCH3 is 1. The van der Waals surface area contributed by atoms with Crippen molar-refractivity contribution < 1.29 is 14.3 Å². The Morgan fingerprint density at radius 1 is 1.11 bits per heavy atom. The van der Waals surface area contributed by atoms with Crippen LogP contribution in [0.1, 0.15) is 12.0 Å². The zero-order valence-corrected chi connectivity index (χ0v) is 16.5. The van der Waals surface area contributed by atoms with Crippen molar-refractivity contribution >= 4 is 11.7 Å². The predicted octanol–water partition coefficient (Wildman–Crippen LogP) is 3.45. The highest BCUT2D eigenvalue weighted by atomic mass is 16.5. The summed E-state index contributed by atoms with van der Waals surface area (Å²) >= 11 is 0. The van der Waals surface area contributed by atoms with Gasteiger partial charge in [0.25, 0.3) is 0 Å². The van der Waals surface area contributed by atoms with Crippen LogP contribution in [0.2, 0.25) is 0 Å². The summed E-state index contributed by atoms with van der Waals surface area (Å²) < 4.78 is 10.6. The lowest BCUT2D eigenvalue weighted by Crippen LogP contribution is -2.40. The summed E-state index contributed by atoms with van der Waals surface area (Å²) in [4.78, 5) is 17.1. The Balaban J connectivity index is 1.60. The fraction of sp³-hybridized carbons (Fsp3) is 0.409. The highest BCUT2D eigenvalue weighted by molar-refractivity contribution is 5.89. The van der Waals surface area contributed by atoms with Crippen LogP contribution in [0.4, 0.5) is 10.5 Å². The number of para-hydroxylation sites is 1. The molecule has 0 aliphatic carbocycles. The Morgan fingerprint density at radius 3 is 2.50 bits per heavy atom. The van der Waals surface area contributed by atoms with Crippen molar-refractivity contribution in [2.45, 2.75) is 13.0 Å². The van der Waals surface area contributed by atoms with Gasteiger partial charge in [-0.05, 0) is 36.2 Å². The number of nitrogens with zero attached hydrogens (tertiary/aromatic N) is 2. The number of morpholine rings is 1. The molecule has 0 aromatic heterocycles. The van der Waals surface area contributed by atoms with Gasteiger partial charge in [-0.1, -0.05) is 30.3 Å². The number of anilines is 1. The van der Waals surface area contributed by atoms with Crippen LogP contribution in [0, 0.1) is 0 Å². The number of amides is 2. The molecule has 0 spiro atoms. The number of ether oxygens (including phenoxy) is 2. The average Bonchev–Trinajstić information content (AvgIpc) is 2.75. The monoisotopic (exact) mass is 383 g/mol. The lowest BCUT2D eigenvalue weighted by atomic mass is 10.2. The van der Waals surface area contributed by atoms with E-state index in [0.717, 1.165) is 56.3 Å². The zero-order chi connectivity index (χ0) is 19.6. The van der Waals surface area contributed by atoms with E-state index in [0.29, 0.717) is 13.1 Å². The maximum absolute atomic E-state index is 12.9. The Labute approximate surface area is 167 Å². The Morgan fingerprint density at radius 2 is 1.82 bits per heavy atom. The normalized spacial score (nSPS) is 14.5. The number of hydrogen-bond donors (Lipinski definition) is 1. The molecule has 2 amide bonds. The first-order chi connectivity index (χ1) is 13.7. The molecule has 150 valence electrons. The minimum absolute atomic E-state index is 0.0796. The molecule has 1 saturated heterocycles. The topological polar surface area (TPSA) is 54.0 Å². The van der Waals surface area contributed by atoms with Crippen LogP contribution in [0.25, 0.3) is 0 Å². The molecule has 2 aromatic rings. The van der Waals surface area contributed by atoms with E-state index >= 15 is 0 Å². The van der Waals surface area contributed by atoms with E-state index in [1.54, 1.807) is 7.11 Å². The SMILES string of the molecule is COc1ccc(CN(CCCN2CCOCC2)C(=O)Nc2ccccc2)cc1. The van der Waals surface area contributed by atoms with Crippen molar-refractivity contribution in [1.82, 2.24) is 9.80 Å². The van der Waals surface area contributed by atoms with E-state index in [1.165, 1.54) is 0 Å². The molecule has 0 bridgehead atoms. The van der Waals surface area contributed by atoms with Crippen LogP contribution in [-0.4, -0.2) is 62.3 Å². The summed E-state index contributed by atoms with van der Waals surface area (Å²) in [6.45, 7) is 5.76.